The highest BCUT2D eigenvalue weighted by Gasteiger charge is 2.21. The molecule has 0 bridgehead atoms. The van der Waals surface area contributed by atoms with Gasteiger partial charge in [-0.3, -0.25) is 9.59 Å². The second kappa shape index (κ2) is 9.33. The third kappa shape index (κ3) is 4.51. The first kappa shape index (κ1) is 21.0. The van der Waals surface area contributed by atoms with Crippen molar-refractivity contribution in [3.05, 3.63) is 83.4 Å². The fraction of sp³-hybridized carbons (Fsp3) is 0.286. The number of nitrogens with one attached hydrogen (secondary N) is 1. The van der Waals surface area contributed by atoms with Gasteiger partial charge in [0.15, 0.2) is 5.78 Å². The highest BCUT2D eigenvalue weighted by Crippen LogP contribution is 2.37. The fourth-order valence-electron chi connectivity index (χ4n) is 4.82. The molecule has 2 aliphatic rings. The van der Waals surface area contributed by atoms with Crippen molar-refractivity contribution in [1.82, 2.24) is 0 Å². The van der Waals surface area contributed by atoms with Gasteiger partial charge in [0.05, 0.1) is 5.75 Å². The zero-order chi connectivity index (χ0) is 21.9. The first-order valence-corrected chi connectivity index (χ1v) is 12.4. The van der Waals surface area contributed by atoms with Gasteiger partial charge in [0.2, 0.25) is 5.91 Å². The second-order valence-corrected chi connectivity index (χ2v) is 9.82. The normalized spacial score (nSPS) is 15.1. The van der Waals surface area contributed by atoms with E-state index in [1.165, 1.54) is 40.4 Å². The van der Waals surface area contributed by atoms with Crippen LogP contribution in [0.1, 0.15) is 53.6 Å². The summed E-state index contributed by atoms with van der Waals surface area (Å²) in [7, 11) is 0. The van der Waals surface area contributed by atoms with Crippen LogP contribution in [0, 0.1) is 5.92 Å². The number of hydrogen-bond acceptors (Lipinski definition) is 3. The number of carbonyl (C=O) groups excluding carboxylic acids is 2. The van der Waals surface area contributed by atoms with Crippen LogP contribution in [-0.4, -0.2) is 17.4 Å². The van der Waals surface area contributed by atoms with E-state index < -0.39 is 0 Å². The molecule has 0 unspecified atom stereocenters. The molecule has 2 aliphatic carbocycles. The van der Waals surface area contributed by atoms with Crippen LogP contribution < -0.4 is 5.32 Å². The van der Waals surface area contributed by atoms with Crippen molar-refractivity contribution < 1.29 is 9.59 Å². The predicted octanol–water partition coefficient (Wildman–Crippen LogP) is 6.75. The number of Topliss-reactive ketones (excluding diaryl/α,β-unsaturated/α-hetero) is 1. The number of amides is 1. The van der Waals surface area contributed by atoms with Crippen LogP contribution in [0.4, 0.5) is 5.69 Å². The Morgan fingerprint density at radius 1 is 0.844 bits per heavy atom. The topological polar surface area (TPSA) is 46.2 Å². The average molecular weight is 442 g/mol. The Labute approximate surface area is 193 Å². The molecule has 3 nitrogen and oxygen atoms in total. The zero-order valence-corrected chi connectivity index (χ0v) is 18.9. The first-order valence-electron chi connectivity index (χ1n) is 11.5. The Balaban J connectivity index is 1.21. The molecule has 1 amide bonds. The Morgan fingerprint density at radius 2 is 1.66 bits per heavy atom. The van der Waals surface area contributed by atoms with Gasteiger partial charge in [0, 0.05) is 22.1 Å². The number of carbonyl (C=O) groups is 2. The summed E-state index contributed by atoms with van der Waals surface area (Å²) in [6.45, 7) is 0. The smallest absolute Gasteiger partial charge is 0.227 e. The minimum absolute atomic E-state index is 0.127. The van der Waals surface area contributed by atoms with Gasteiger partial charge in [-0.25, -0.2) is 0 Å². The van der Waals surface area contributed by atoms with E-state index in [1.54, 1.807) is 0 Å². The van der Waals surface area contributed by atoms with E-state index in [0.717, 1.165) is 48.3 Å². The lowest BCUT2D eigenvalue weighted by Gasteiger charge is -2.20. The molecule has 3 aromatic rings. The lowest BCUT2D eigenvalue weighted by atomic mass is 9.88. The van der Waals surface area contributed by atoms with E-state index >= 15 is 0 Å². The number of rotatable bonds is 6. The molecular weight excluding hydrogens is 414 g/mol. The third-order valence-electron chi connectivity index (χ3n) is 6.56. The number of anilines is 1. The highest BCUT2D eigenvalue weighted by molar-refractivity contribution is 8.00. The van der Waals surface area contributed by atoms with Crippen LogP contribution in [0.5, 0.6) is 0 Å². The van der Waals surface area contributed by atoms with Gasteiger partial charge in [0.25, 0.3) is 0 Å². The van der Waals surface area contributed by atoms with E-state index in [0.29, 0.717) is 5.75 Å². The summed E-state index contributed by atoms with van der Waals surface area (Å²) in [5.41, 5.74) is 6.66. The summed E-state index contributed by atoms with van der Waals surface area (Å²) in [5.74, 6) is 0.770. The van der Waals surface area contributed by atoms with E-state index in [4.69, 9.17) is 0 Å². The summed E-state index contributed by atoms with van der Waals surface area (Å²) < 4.78 is 0. The molecule has 1 N–H and O–H groups in total. The molecule has 4 heteroatoms. The number of benzene rings is 3. The van der Waals surface area contributed by atoms with Crippen molar-refractivity contribution in [3.8, 4) is 11.1 Å². The van der Waals surface area contributed by atoms with Crippen LogP contribution in [0.3, 0.4) is 0 Å². The SMILES string of the molecule is O=C(CSc1cccc(NC(=O)C2CCCCC2)c1)c1ccc2c(c1)Cc1ccccc1-2. The summed E-state index contributed by atoms with van der Waals surface area (Å²) in [4.78, 5) is 26.4. The summed E-state index contributed by atoms with van der Waals surface area (Å²) in [6, 6.07) is 22.4. The summed E-state index contributed by atoms with van der Waals surface area (Å²) >= 11 is 1.52. The lowest BCUT2D eigenvalue weighted by molar-refractivity contribution is -0.120. The third-order valence-corrected chi connectivity index (χ3v) is 7.56. The monoisotopic (exact) mass is 441 g/mol. The Hall–Kier alpha value is -2.85. The van der Waals surface area contributed by atoms with Crippen molar-refractivity contribution in [2.45, 2.75) is 43.4 Å². The van der Waals surface area contributed by atoms with Crippen LogP contribution in [0.2, 0.25) is 0 Å². The Kier molecular flexibility index (Phi) is 6.13. The van der Waals surface area contributed by atoms with Gasteiger partial charge in [-0.2, -0.15) is 0 Å². The Morgan fingerprint density at radius 3 is 2.53 bits per heavy atom. The fourth-order valence-corrected chi connectivity index (χ4v) is 5.67. The molecule has 1 saturated carbocycles. The van der Waals surface area contributed by atoms with Crippen LogP contribution in [0.15, 0.2) is 71.6 Å². The number of thioether (sulfide) groups is 1. The standard InChI is InChI=1S/C28H27NO2S/c30-27(21-13-14-26-22(16-21)15-20-9-4-5-12-25(20)26)18-32-24-11-6-10-23(17-24)29-28(31)19-7-2-1-3-8-19/h4-6,9-14,16-17,19H,1-3,7-8,15,18H2,(H,29,31). The van der Waals surface area contributed by atoms with Crippen LogP contribution in [-0.2, 0) is 11.2 Å². The lowest BCUT2D eigenvalue weighted by Crippen LogP contribution is -2.24. The van der Waals surface area contributed by atoms with Gasteiger partial charge in [-0.1, -0.05) is 61.7 Å². The van der Waals surface area contributed by atoms with Gasteiger partial charge in [0.1, 0.15) is 0 Å². The molecule has 0 heterocycles. The molecule has 162 valence electrons. The van der Waals surface area contributed by atoms with E-state index in [-0.39, 0.29) is 17.6 Å². The predicted molar refractivity (Wildman–Crippen MR) is 131 cm³/mol. The zero-order valence-electron chi connectivity index (χ0n) is 18.1. The quantitative estimate of drug-likeness (QED) is 0.266. The minimum Gasteiger partial charge on any atom is -0.326 e. The van der Waals surface area contributed by atoms with Crippen LogP contribution >= 0.6 is 11.8 Å². The maximum absolute atomic E-state index is 12.9. The Bertz CT molecular complexity index is 1160. The molecule has 1 fully saturated rings. The van der Waals surface area contributed by atoms with Crippen LogP contribution in [0.25, 0.3) is 11.1 Å². The molecule has 0 spiro atoms. The number of hydrogen-bond donors (Lipinski definition) is 1. The molecule has 0 atom stereocenters. The molecular formula is C28H27NO2S. The van der Waals surface area contributed by atoms with E-state index in [9.17, 15) is 9.59 Å². The summed E-state index contributed by atoms with van der Waals surface area (Å²) in [6.07, 6.45) is 6.39. The minimum atomic E-state index is 0.127. The molecule has 0 radical (unpaired) electrons. The molecule has 3 aromatic carbocycles. The van der Waals surface area contributed by atoms with Gasteiger partial charge in [-0.05, 0) is 65.8 Å². The summed E-state index contributed by atoms with van der Waals surface area (Å²) in [5, 5.41) is 3.07. The first-order chi connectivity index (χ1) is 15.7. The highest BCUT2D eigenvalue weighted by atomic mass is 32.2. The second-order valence-electron chi connectivity index (χ2n) is 8.77. The maximum atomic E-state index is 12.9. The maximum Gasteiger partial charge on any atom is 0.227 e. The van der Waals surface area contributed by atoms with Crippen molar-refractivity contribution in [2.75, 3.05) is 11.1 Å². The molecule has 5 rings (SSSR count). The van der Waals surface area contributed by atoms with Crippen molar-refractivity contribution in [2.24, 2.45) is 5.92 Å². The van der Waals surface area contributed by atoms with E-state index in [2.05, 4.69) is 41.7 Å². The molecule has 0 aliphatic heterocycles. The average Bonchev–Trinajstić information content (AvgIpc) is 3.21. The van der Waals surface area contributed by atoms with Gasteiger partial charge in [-0.15, -0.1) is 11.8 Å². The van der Waals surface area contributed by atoms with Gasteiger partial charge >= 0.3 is 0 Å². The van der Waals surface area contributed by atoms with Crippen molar-refractivity contribution in [1.29, 1.82) is 0 Å². The largest absolute Gasteiger partial charge is 0.326 e. The van der Waals surface area contributed by atoms with E-state index in [1.807, 2.05) is 30.3 Å². The molecule has 0 aromatic heterocycles. The number of ketones is 1. The molecule has 32 heavy (non-hydrogen) atoms. The molecule has 0 saturated heterocycles. The van der Waals surface area contributed by atoms with Crippen molar-refractivity contribution in [3.63, 3.8) is 0 Å². The van der Waals surface area contributed by atoms with Gasteiger partial charge < -0.3 is 5.32 Å². The van der Waals surface area contributed by atoms with Crippen molar-refractivity contribution >= 4 is 29.1 Å². The number of fused-ring (bicyclic) bond motifs is 3.